The fraction of sp³-hybridized carbons (Fsp3) is 0.0638. The van der Waals surface area contributed by atoms with E-state index in [1.165, 1.54) is 72.0 Å². The molecule has 1 aromatic heterocycles. The molecule has 0 saturated heterocycles. The van der Waals surface area contributed by atoms with Gasteiger partial charge in [0.15, 0.2) is 5.82 Å². The molecule has 2 heteroatoms. The van der Waals surface area contributed by atoms with Crippen molar-refractivity contribution in [2.45, 2.75) is 19.3 Å². The molecule has 7 aromatic rings. The maximum atomic E-state index is 5.12. The summed E-state index contributed by atoms with van der Waals surface area (Å²) in [6.07, 6.45) is 9.76. The number of rotatable bonds is 5. The molecule has 0 fully saturated rings. The van der Waals surface area contributed by atoms with Crippen molar-refractivity contribution in [3.8, 4) is 56.0 Å². The number of benzene rings is 6. The van der Waals surface area contributed by atoms with Crippen LogP contribution >= 0.6 is 0 Å². The molecule has 0 spiro atoms. The van der Waals surface area contributed by atoms with Gasteiger partial charge in [0.05, 0.1) is 11.4 Å². The van der Waals surface area contributed by atoms with Crippen LogP contribution in [0.5, 0.6) is 0 Å². The monoisotopic (exact) mass is 624 g/mol. The molecule has 0 atom stereocenters. The van der Waals surface area contributed by atoms with Crippen LogP contribution in [-0.2, 0) is 6.42 Å². The van der Waals surface area contributed by atoms with Crippen LogP contribution in [0, 0.1) is 0 Å². The van der Waals surface area contributed by atoms with Crippen LogP contribution in [0.1, 0.15) is 29.7 Å². The fourth-order valence-electron chi connectivity index (χ4n) is 8.09. The first-order chi connectivity index (χ1) is 24.3. The maximum absolute atomic E-state index is 5.12. The Morgan fingerprint density at radius 1 is 0.490 bits per heavy atom. The van der Waals surface area contributed by atoms with E-state index in [1.807, 2.05) is 6.07 Å². The number of fused-ring (bicyclic) bond motifs is 5. The molecule has 3 aliphatic rings. The Morgan fingerprint density at radius 2 is 1.18 bits per heavy atom. The molecule has 230 valence electrons. The molecule has 0 unspecified atom stereocenters. The summed E-state index contributed by atoms with van der Waals surface area (Å²) in [6, 6.07) is 50.4. The van der Waals surface area contributed by atoms with Crippen molar-refractivity contribution in [2.75, 3.05) is 0 Å². The van der Waals surface area contributed by atoms with Crippen molar-refractivity contribution in [2.24, 2.45) is 0 Å². The zero-order chi connectivity index (χ0) is 32.3. The second-order valence-electron chi connectivity index (χ2n) is 13.2. The largest absolute Gasteiger partial charge is 0.228 e. The molecule has 6 aromatic carbocycles. The third-order valence-electron chi connectivity index (χ3n) is 10.4. The van der Waals surface area contributed by atoms with Crippen LogP contribution in [0.2, 0.25) is 0 Å². The highest BCUT2D eigenvalue weighted by Gasteiger charge is 2.26. The average molecular weight is 625 g/mol. The van der Waals surface area contributed by atoms with E-state index >= 15 is 0 Å². The van der Waals surface area contributed by atoms with E-state index in [2.05, 4.69) is 152 Å². The quantitative estimate of drug-likeness (QED) is 0.190. The van der Waals surface area contributed by atoms with E-state index in [-0.39, 0.29) is 0 Å². The lowest BCUT2D eigenvalue weighted by molar-refractivity contribution is 1.15. The van der Waals surface area contributed by atoms with Gasteiger partial charge in [0.1, 0.15) is 0 Å². The van der Waals surface area contributed by atoms with Crippen LogP contribution in [0.15, 0.2) is 169 Å². The third-order valence-corrected chi connectivity index (χ3v) is 10.4. The number of hydrogen-bond donors (Lipinski definition) is 0. The van der Waals surface area contributed by atoms with Gasteiger partial charge in [-0.05, 0) is 97.8 Å². The lowest BCUT2D eigenvalue weighted by Crippen LogP contribution is -1.99. The van der Waals surface area contributed by atoms with E-state index < -0.39 is 0 Å². The Balaban J connectivity index is 1.08. The van der Waals surface area contributed by atoms with Gasteiger partial charge in [0.25, 0.3) is 0 Å². The van der Waals surface area contributed by atoms with Gasteiger partial charge in [-0.1, -0.05) is 146 Å². The van der Waals surface area contributed by atoms with Crippen molar-refractivity contribution < 1.29 is 0 Å². The van der Waals surface area contributed by atoms with Crippen molar-refractivity contribution >= 4 is 16.3 Å². The summed E-state index contributed by atoms with van der Waals surface area (Å²) in [5.74, 6) is 0.761. The molecule has 0 radical (unpaired) electrons. The van der Waals surface area contributed by atoms with Crippen molar-refractivity contribution in [3.63, 3.8) is 0 Å². The van der Waals surface area contributed by atoms with E-state index in [1.54, 1.807) is 0 Å². The maximum Gasteiger partial charge on any atom is 0.160 e. The summed E-state index contributed by atoms with van der Waals surface area (Å²) >= 11 is 0. The van der Waals surface area contributed by atoms with Gasteiger partial charge in [-0.3, -0.25) is 0 Å². The summed E-state index contributed by atoms with van der Waals surface area (Å²) in [7, 11) is 0. The van der Waals surface area contributed by atoms with Crippen molar-refractivity contribution in [1.82, 2.24) is 9.97 Å². The topological polar surface area (TPSA) is 25.8 Å². The third kappa shape index (κ3) is 4.63. The number of nitrogens with zero attached hydrogens (tertiary/aromatic N) is 2. The molecule has 0 N–H and O–H groups in total. The molecule has 0 amide bonds. The highest BCUT2D eigenvalue weighted by Crippen LogP contribution is 2.48. The zero-order valence-corrected chi connectivity index (χ0v) is 27.0. The Hall–Kier alpha value is -6.12. The number of allylic oxidation sites excluding steroid dienone is 6. The van der Waals surface area contributed by atoms with E-state index in [0.717, 1.165) is 47.6 Å². The molecule has 10 rings (SSSR count). The second kappa shape index (κ2) is 11.2. The first-order valence-electron chi connectivity index (χ1n) is 17.2. The van der Waals surface area contributed by atoms with Gasteiger partial charge >= 0.3 is 0 Å². The van der Waals surface area contributed by atoms with Gasteiger partial charge in [0.2, 0.25) is 0 Å². The molecular formula is C47H32N2. The normalized spacial score (nSPS) is 14.2. The lowest BCUT2D eigenvalue weighted by atomic mass is 9.89. The van der Waals surface area contributed by atoms with Gasteiger partial charge in [-0.2, -0.15) is 0 Å². The SMILES string of the molecule is C1=CC2=C(C1)C(c1cc(-c3ccc(-c4cccc5c4-c4cc(-c6ccccc6)c6ccccc6c4C5)cc3)nc(-c3ccccc3)n1)=CC2. The standard InChI is InChI=1S/C47H32N2/c1-3-11-30(12-4-1)41-28-43-42(39-18-8-7-17-38(39)41)27-35-16-10-20-37(46(35)43)32-21-23-33(24-22-32)44-29-45(40-26-25-31-15-9-19-36(31)40)49-47(48-44)34-13-5-2-6-14-34/h1-18,20-24,26,28-29H,19,25,27H2. The summed E-state index contributed by atoms with van der Waals surface area (Å²) in [4.78, 5) is 10.2. The van der Waals surface area contributed by atoms with Crippen molar-refractivity contribution in [1.29, 1.82) is 0 Å². The first kappa shape index (κ1) is 27.9. The predicted molar refractivity (Wildman–Crippen MR) is 203 cm³/mol. The van der Waals surface area contributed by atoms with Gasteiger partial charge in [0, 0.05) is 16.7 Å². The van der Waals surface area contributed by atoms with E-state index in [0.29, 0.717) is 0 Å². The Kier molecular flexibility index (Phi) is 6.41. The zero-order valence-electron chi connectivity index (χ0n) is 27.0. The van der Waals surface area contributed by atoms with Crippen LogP contribution in [0.4, 0.5) is 0 Å². The van der Waals surface area contributed by atoms with E-state index in [9.17, 15) is 0 Å². The highest BCUT2D eigenvalue weighted by molar-refractivity contribution is 6.06. The summed E-state index contributed by atoms with van der Waals surface area (Å²) in [5, 5.41) is 2.66. The summed E-state index contributed by atoms with van der Waals surface area (Å²) in [6.45, 7) is 0. The molecule has 2 nitrogen and oxygen atoms in total. The Labute approximate surface area is 286 Å². The summed E-state index contributed by atoms with van der Waals surface area (Å²) < 4.78 is 0. The van der Waals surface area contributed by atoms with Crippen LogP contribution in [0.3, 0.4) is 0 Å². The average Bonchev–Trinajstić information content (AvgIpc) is 3.91. The van der Waals surface area contributed by atoms with E-state index in [4.69, 9.17) is 9.97 Å². The van der Waals surface area contributed by atoms with Crippen LogP contribution < -0.4 is 0 Å². The molecule has 0 aliphatic heterocycles. The molecule has 1 heterocycles. The predicted octanol–water partition coefficient (Wildman–Crippen LogP) is 11.9. The van der Waals surface area contributed by atoms with Gasteiger partial charge in [-0.15, -0.1) is 0 Å². The Bertz CT molecular complexity index is 2540. The lowest BCUT2D eigenvalue weighted by Gasteiger charge is -2.15. The van der Waals surface area contributed by atoms with Gasteiger partial charge in [-0.25, -0.2) is 9.97 Å². The number of hydrogen-bond acceptors (Lipinski definition) is 2. The molecule has 3 aliphatic carbocycles. The summed E-state index contributed by atoms with van der Waals surface area (Å²) in [5.41, 5.74) is 18.7. The van der Waals surface area contributed by atoms with Crippen LogP contribution in [-0.4, -0.2) is 9.97 Å². The fourth-order valence-corrected chi connectivity index (χ4v) is 8.09. The van der Waals surface area contributed by atoms with Gasteiger partial charge < -0.3 is 0 Å². The molecule has 0 saturated carbocycles. The molecule has 49 heavy (non-hydrogen) atoms. The van der Waals surface area contributed by atoms with Crippen LogP contribution in [0.25, 0.3) is 72.4 Å². The smallest absolute Gasteiger partial charge is 0.160 e. The van der Waals surface area contributed by atoms with Crippen molar-refractivity contribution in [3.05, 3.63) is 186 Å². The highest BCUT2D eigenvalue weighted by atomic mass is 14.9. The Morgan fingerprint density at radius 3 is 2.00 bits per heavy atom. The minimum absolute atomic E-state index is 0.761. The number of aromatic nitrogens is 2. The minimum atomic E-state index is 0.761. The second-order valence-corrected chi connectivity index (χ2v) is 13.2. The minimum Gasteiger partial charge on any atom is -0.228 e. The molecular weight excluding hydrogens is 593 g/mol. The first-order valence-corrected chi connectivity index (χ1v) is 17.2. The molecule has 0 bridgehead atoms.